The highest BCUT2D eigenvalue weighted by molar-refractivity contribution is 7.13. The van der Waals surface area contributed by atoms with Crippen LogP contribution in [0.25, 0.3) is 49.3 Å². The van der Waals surface area contributed by atoms with Crippen LogP contribution in [-0.4, -0.2) is 19.7 Å². The molecule has 0 N–H and O–H groups in total. The van der Waals surface area contributed by atoms with Crippen molar-refractivity contribution in [1.29, 1.82) is 0 Å². The molecule has 0 atom stereocenters. The Balaban J connectivity index is 1.52. The Labute approximate surface area is 242 Å². The number of benzene rings is 3. The van der Waals surface area contributed by atoms with Gasteiger partial charge < -0.3 is 4.57 Å². The van der Waals surface area contributed by atoms with Crippen LogP contribution in [0.1, 0.15) is 34.5 Å². The number of rotatable bonds is 4. The van der Waals surface area contributed by atoms with E-state index < -0.39 is 11.6 Å². The molecule has 0 fully saturated rings. The molecule has 4 aromatic heterocycles. The van der Waals surface area contributed by atoms with E-state index in [1.165, 1.54) is 29.5 Å². The molecule has 0 saturated heterocycles. The predicted molar refractivity (Wildman–Crippen MR) is 160 cm³/mol. The second-order valence-corrected chi connectivity index (χ2v) is 11.5. The van der Waals surface area contributed by atoms with Crippen molar-refractivity contribution >= 4 is 44.7 Å². The van der Waals surface area contributed by atoms with Crippen molar-refractivity contribution in [2.24, 2.45) is 0 Å². The third-order valence-electron chi connectivity index (χ3n) is 8.20. The molecule has 0 unspecified atom stereocenters. The van der Waals surface area contributed by atoms with Crippen LogP contribution >= 0.6 is 11.3 Å². The standard InChI is InChI=1S/C34H22F3N3OS/c35-20-12-10-19(11-13-20)29-22-7-3-4-16-39-31-27(15-14-24(36)30(31)37)40(34(22)39)32(29)33(41)23-18-26(28-9-5-17-42-28)38-25-8-2-1-6-21(23)25/h1-2,5-6,8-15,17-18H,3-4,7,16H2. The molecule has 42 heavy (non-hydrogen) atoms. The lowest BCUT2D eigenvalue weighted by Crippen LogP contribution is -2.09. The number of imidazole rings is 1. The minimum Gasteiger partial charge on any atom is -0.323 e. The van der Waals surface area contributed by atoms with Crippen LogP contribution in [-0.2, 0) is 13.0 Å². The number of fused-ring (bicyclic) bond motifs is 4. The number of thiophene rings is 1. The van der Waals surface area contributed by atoms with E-state index in [1.807, 2.05) is 52.4 Å². The Morgan fingerprint density at radius 3 is 2.55 bits per heavy atom. The topological polar surface area (TPSA) is 39.3 Å². The SMILES string of the molecule is O=C(c1cc(-c2cccs2)nc2ccccc12)c1c(-c2ccc(F)cc2)c2c3n(c4c(F)c(F)ccc4n13)CCCC2. The average Bonchev–Trinajstić information content (AvgIpc) is 3.69. The molecule has 1 aliphatic heterocycles. The number of ketones is 1. The van der Waals surface area contributed by atoms with Gasteiger partial charge >= 0.3 is 0 Å². The van der Waals surface area contributed by atoms with Gasteiger partial charge in [-0.1, -0.05) is 36.4 Å². The van der Waals surface area contributed by atoms with Crippen molar-refractivity contribution in [2.45, 2.75) is 25.8 Å². The van der Waals surface area contributed by atoms with Crippen LogP contribution in [0.5, 0.6) is 0 Å². The lowest BCUT2D eigenvalue weighted by molar-refractivity contribution is 0.103. The molecular weight excluding hydrogens is 555 g/mol. The largest absolute Gasteiger partial charge is 0.323 e. The van der Waals surface area contributed by atoms with Crippen LogP contribution < -0.4 is 0 Å². The van der Waals surface area contributed by atoms with Crippen molar-refractivity contribution < 1.29 is 18.0 Å². The first kappa shape index (κ1) is 25.1. The molecule has 0 amide bonds. The molecule has 0 spiro atoms. The summed E-state index contributed by atoms with van der Waals surface area (Å²) in [5.74, 6) is -2.51. The zero-order valence-corrected chi connectivity index (χ0v) is 23.0. The molecule has 4 nitrogen and oxygen atoms in total. The van der Waals surface area contributed by atoms with Crippen LogP contribution in [0.4, 0.5) is 13.2 Å². The molecule has 0 saturated carbocycles. The Hall–Kier alpha value is -4.69. The number of hydrogen-bond acceptors (Lipinski definition) is 3. The molecule has 0 radical (unpaired) electrons. The Kier molecular flexibility index (Phi) is 5.62. The van der Waals surface area contributed by atoms with Crippen molar-refractivity contribution in [1.82, 2.24) is 14.0 Å². The fourth-order valence-corrected chi connectivity index (χ4v) is 7.09. The highest BCUT2D eigenvalue weighted by atomic mass is 32.1. The smallest absolute Gasteiger partial charge is 0.211 e. The summed E-state index contributed by atoms with van der Waals surface area (Å²) in [6, 6.07) is 22.0. The summed E-state index contributed by atoms with van der Waals surface area (Å²) < 4.78 is 47.7. The van der Waals surface area contributed by atoms with E-state index in [4.69, 9.17) is 4.98 Å². The second-order valence-electron chi connectivity index (χ2n) is 10.6. The van der Waals surface area contributed by atoms with E-state index in [-0.39, 0.29) is 17.1 Å². The number of nitrogens with zero attached hydrogens (tertiary/aromatic N) is 3. The van der Waals surface area contributed by atoms with Crippen molar-refractivity contribution in [3.05, 3.63) is 119 Å². The van der Waals surface area contributed by atoms with Gasteiger partial charge in [0.15, 0.2) is 11.6 Å². The number of para-hydroxylation sites is 1. The Morgan fingerprint density at radius 1 is 0.905 bits per heavy atom. The van der Waals surface area contributed by atoms with Gasteiger partial charge in [-0.25, -0.2) is 18.2 Å². The first-order valence-corrected chi connectivity index (χ1v) is 14.7. The lowest BCUT2D eigenvalue weighted by Gasteiger charge is -2.12. The van der Waals surface area contributed by atoms with Crippen molar-refractivity contribution in [3.63, 3.8) is 0 Å². The summed E-state index contributed by atoms with van der Waals surface area (Å²) in [4.78, 5) is 20.8. The first-order valence-electron chi connectivity index (χ1n) is 13.8. The van der Waals surface area contributed by atoms with E-state index >= 15 is 9.18 Å². The fraction of sp³-hybridized carbons (Fsp3) is 0.118. The highest BCUT2D eigenvalue weighted by Gasteiger charge is 2.32. The average molecular weight is 578 g/mol. The van der Waals surface area contributed by atoms with Gasteiger partial charge in [-0.15, -0.1) is 11.3 Å². The van der Waals surface area contributed by atoms with E-state index in [0.29, 0.717) is 63.1 Å². The van der Waals surface area contributed by atoms with Gasteiger partial charge in [0.1, 0.15) is 22.7 Å². The van der Waals surface area contributed by atoms with Gasteiger partial charge in [0.2, 0.25) is 5.78 Å². The minimum atomic E-state index is -0.933. The first-order chi connectivity index (χ1) is 20.5. The molecular formula is C34H22F3N3OS. The lowest BCUT2D eigenvalue weighted by atomic mass is 9.93. The van der Waals surface area contributed by atoms with Gasteiger partial charge in [0.25, 0.3) is 0 Å². The maximum atomic E-state index is 15.4. The zero-order valence-electron chi connectivity index (χ0n) is 22.2. The normalized spacial score (nSPS) is 13.3. The third-order valence-corrected chi connectivity index (χ3v) is 9.09. The fourth-order valence-electron chi connectivity index (χ4n) is 6.41. The summed E-state index contributed by atoms with van der Waals surface area (Å²) in [5, 5.41) is 2.65. The van der Waals surface area contributed by atoms with E-state index in [1.54, 1.807) is 16.5 Å². The van der Waals surface area contributed by atoms with E-state index in [2.05, 4.69) is 0 Å². The maximum Gasteiger partial charge on any atom is 0.211 e. The molecule has 1 aliphatic rings. The molecule has 0 bridgehead atoms. The number of aryl methyl sites for hydroxylation is 2. The van der Waals surface area contributed by atoms with Crippen LogP contribution in [0.15, 0.2) is 84.2 Å². The maximum absolute atomic E-state index is 15.4. The van der Waals surface area contributed by atoms with Gasteiger partial charge in [-0.2, -0.15) is 0 Å². The minimum absolute atomic E-state index is 0.145. The van der Waals surface area contributed by atoms with E-state index in [9.17, 15) is 8.78 Å². The van der Waals surface area contributed by atoms with E-state index in [0.717, 1.165) is 29.3 Å². The summed E-state index contributed by atoms with van der Waals surface area (Å²) in [5.41, 5.74) is 5.65. The van der Waals surface area contributed by atoms with Gasteiger partial charge in [-0.05, 0) is 72.7 Å². The van der Waals surface area contributed by atoms with Gasteiger partial charge in [0.05, 0.1) is 21.6 Å². The van der Waals surface area contributed by atoms with Gasteiger partial charge in [-0.3, -0.25) is 9.20 Å². The molecule has 206 valence electrons. The number of hydrogen-bond donors (Lipinski definition) is 0. The third kappa shape index (κ3) is 3.61. The predicted octanol–water partition coefficient (Wildman–Crippen LogP) is 8.82. The molecule has 5 heterocycles. The second kappa shape index (κ2) is 9.42. The van der Waals surface area contributed by atoms with Crippen molar-refractivity contribution in [2.75, 3.05) is 0 Å². The van der Waals surface area contributed by atoms with Crippen LogP contribution in [0, 0.1) is 17.5 Å². The molecule has 8 heteroatoms. The molecule has 0 aliphatic carbocycles. The summed E-state index contributed by atoms with van der Waals surface area (Å²) >= 11 is 1.54. The van der Waals surface area contributed by atoms with Gasteiger partial charge in [0, 0.05) is 28.6 Å². The monoisotopic (exact) mass is 577 g/mol. The molecule has 3 aromatic carbocycles. The number of carbonyl (C=O) groups is 1. The molecule has 7 aromatic rings. The van der Waals surface area contributed by atoms with Crippen LogP contribution in [0.3, 0.4) is 0 Å². The quantitative estimate of drug-likeness (QED) is 0.196. The number of pyridine rings is 1. The highest BCUT2D eigenvalue weighted by Crippen LogP contribution is 2.42. The Morgan fingerprint density at radius 2 is 1.74 bits per heavy atom. The zero-order chi connectivity index (χ0) is 28.5. The number of halogens is 3. The summed E-state index contributed by atoms with van der Waals surface area (Å²) in [7, 11) is 0. The van der Waals surface area contributed by atoms with Crippen molar-refractivity contribution in [3.8, 4) is 21.7 Å². The number of carbonyl (C=O) groups excluding carboxylic acids is 1. The number of aromatic nitrogens is 3. The van der Waals surface area contributed by atoms with Crippen LogP contribution in [0.2, 0.25) is 0 Å². The Bertz CT molecular complexity index is 2190. The summed E-state index contributed by atoms with van der Waals surface area (Å²) in [6.07, 6.45) is 2.22. The molecule has 8 rings (SSSR count). The summed E-state index contributed by atoms with van der Waals surface area (Å²) in [6.45, 7) is 0.488.